The number of hydrogen-bond acceptors (Lipinski definition) is 5. The number of aliphatic hydroxyl groups is 1. The third-order valence-corrected chi connectivity index (χ3v) is 7.25. The van der Waals surface area contributed by atoms with E-state index in [0.29, 0.717) is 18.3 Å². The first kappa shape index (κ1) is 32.3. The van der Waals surface area contributed by atoms with Crippen LogP contribution in [0.5, 0.6) is 5.75 Å². The molecular weight excluding hydrogens is 497 g/mol. The lowest BCUT2D eigenvalue weighted by molar-refractivity contribution is -0.122. The summed E-state index contributed by atoms with van der Waals surface area (Å²) < 4.78 is 20.5. The van der Waals surface area contributed by atoms with Crippen LogP contribution in [-0.2, 0) is 28.9 Å². The van der Waals surface area contributed by atoms with Crippen molar-refractivity contribution in [2.24, 2.45) is 5.92 Å². The molecule has 5 rings (SSSR count). The quantitative estimate of drug-likeness (QED) is 0.433. The fraction of sp³-hybridized carbons (Fsp3) is 0.562. The van der Waals surface area contributed by atoms with Crippen molar-refractivity contribution >= 4 is 18.4 Å². The second kappa shape index (κ2) is 14.5. The summed E-state index contributed by atoms with van der Waals surface area (Å²) in [6.45, 7) is 13.1. The number of fused-ring (bicyclic) bond motifs is 2. The van der Waals surface area contributed by atoms with Crippen molar-refractivity contribution in [2.45, 2.75) is 92.1 Å². The summed E-state index contributed by atoms with van der Waals surface area (Å²) in [4.78, 5) is 20.5. The Labute approximate surface area is 233 Å². The third kappa shape index (κ3) is 8.53. The van der Waals surface area contributed by atoms with E-state index >= 15 is 0 Å². The van der Waals surface area contributed by atoms with Crippen molar-refractivity contribution in [1.29, 1.82) is 0 Å². The van der Waals surface area contributed by atoms with Gasteiger partial charge in [-0.25, -0.2) is 4.39 Å². The molecule has 39 heavy (non-hydrogen) atoms. The molecule has 0 amide bonds. The summed E-state index contributed by atoms with van der Waals surface area (Å²) in [6, 6.07) is 4.02. The van der Waals surface area contributed by atoms with E-state index < -0.39 is 5.60 Å². The second-order valence-corrected chi connectivity index (χ2v) is 11.5. The zero-order valence-corrected chi connectivity index (χ0v) is 24.7. The van der Waals surface area contributed by atoms with Crippen LogP contribution < -0.4 is 9.64 Å². The maximum atomic E-state index is 14.8. The molecule has 0 spiro atoms. The largest absolute Gasteiger partial charge is 0.490 e. The Kier molecular flexibility index (Phi) is 12.0. The summed E-state index contributed by atoms with van der Waals surface area (Å²) in [6.07, 6.45) is 8.48. The molecular formula is C32H46FNO5. The van der Waals surface area contributed by atoms with Gasteiger partial charge in [0.05, 0.1) is 12.2 Å². The van der Waals surface area contributed by atoms with E-state index in [4.69, 9.17) is 19.7 Å². The fourth-order valence-electron chi connectivity index (χ4n) is 5.15. The van der Waals surface area contributed by atoms with Gasteiger partial charge in [-0.1, -0.05) is 13.3 Å². The van der Waals surface area contributed by atoms with E-state index in [1.807, 2.05) is 0 Å². The number of aryl methyl sites for hydroxylation is 1. The number of carbonyl (C=O) groups excluding carboxylic acids is 1. The maximum absolute atomic E-state index is 14.8. The van der Waals surface area contributed by atoms with Gasteiger partial charge in [0.2, 0.25) is 0 Å². The summed E-state index contributed by atoms with van der Waals surface area (Å²) >= 11 is 0. The minimum atomic E-state index is -0.500. The molecule has 2 aromatic rings. The summed E-state index contributed by atoms with van der Waals surface area (Å²) in [5.41, 5.74) is 9.42. The summed E-state index contributed by atoms with van der Waals surface area (Å²) in [7, 11) is 2.15. The number of hydrogen-bond donors (Lipinski definition) is 2. The molecule has 7 heteroatoms. The summed E-state index contributed by atoms with van der Waals surface area (Å²) in [5.74, 6) is 0.705. The van der Waals surface area contributed by atoms with Gasteiger partial charge in [0, 0.05) is 30.8 Å². The molecule has 0 bridgehead atoms. The maximum Gasteiger partial charge on any atom is 0.290 e. The average Bonchev–Trinajstić information content (AvgIpc) is 3.20. The Balaban J connectivity index is 0.000000314. The van der Waals surface area contributed by atoms with Crippen LogP contribution in [0.2, 0.25) is 0 Å². The molecule has 1 fully saturated rings. The van der Waals surface area contributed by atoms with Crippen LogP contribution in [0.25, 0.3) is 11.1 Å². The van der Waals surface area contributed by atoms with Gasteiger partial charge >= 0.3 is 0 Å². The molecule has 0 radical (unpaired) electrons. The Bertz CT molecular complexity index is 1130. The molecule has 1 aliphatic carbocycles. The second-order valence-electron chi connectivity index (χ2n) is 11.5. The van der Waals surface area contributed by atoms with Gasteiger partial charge in [0.15, 0.2) is 11.6 Å². The number of likely N-dealkylation sites (N-methyl/N-ethyl adjacent to an activating group) is 1. The molecule has 3 aliphatic rings. The van der Waals surface area contributed by atoms with Gasteiger partial charge in [-0.05, 0) is 119 Å². The number of benzene rings is 2. The lowest BCUT2D eigenvalue weighted by Crippen LogP contribution is -2.13. The first-order chi connectivity index (χ1) is 18.4. The predicted octanol–water partition coefficient (Wildman–Crippen LogP) is 6.45. The van der Waals surface area contributed by atoms with Crippen LogP contribution in [0.1, 0.15) is 81.2 Å². The molecule has 216 valence electrons. The molecule has 0 saturated heterocycles. The number of aldehydes is 1. The highest BCUT2D eigenvalue weighted by atomic mass is 19.1. The molecule has 0 atom stereocenters. The zero-order chi connectivity index (χ0) is 29.3. The molecule has 0 unspecified atom stereocenters. The van der Waals surface area contributed by atoms with Crippen LogP contribution in [0, 0.1) is 25.6 Å². The average molecular weight is 544 g/mol. The third-order valence-electron chi connectivity index (χ3n) is 7.25. The van der Waals surface area contributed by atoms with Crippen LogP contribution >= 0.6 is 0 Å². The van der Waals surface area contributed by atoms with Gasteiger partial charge in [-0.15, -0.1) is 0 Å². The molecule has 2 heterocycles. The van der Waals surface area contributed by atoms with E-state index in [0.717, 1.165) is 62.5 Å². The van der Waals surface area contributed by atoms with E-state index in [9.17, 15) is 9.18 Å². The standard InChI is InChI=1S/C22H26FNO.C5H8O.C4H10O.CH2O2/c1-5-15-13(2)11-20-17(8-9-24(20)4)21(15)18-12-19(23)22-16(14(18)3)7-6-10-25-22;6-4-5-2-1-3-5;1-4(2,3)5;2-1-3/h11-12H,5-10H2,1-4H3;4-5H,1-3H2;5H,1-3H3;1H,(H,2,3). The van der Waals surface area contributed by atoms with Crippen molar-refractivity contribution in [2.75, 3.05) is 25.1 Å². The highest BCUT2D eigenvalue weighted by molar-refractivity contribution is 5.83. The smallest absolute Gasteiger partial charge is 0.290 e. The van der Waals surface area contributed by atoms with Crippen molar-refractivity contribution in [3.05, 3.63) is 45.8 Å². The summed E-state index contributed by atoms with van der Waals surface area (Å²) in [5, 5.41) is 15.4. The number of carbonyl (C=O) groups is 2. The first-order valence-corrected chi connectivity index (χ1v) is 13.9. The number of nitrogens with zero attached hydrogens (tertiary/aromatic N) is 1. The highest BCUT2D eigenvalue weighted by Crippen LogP contribution is 2.44. The highest BCUT2D eigenvalue weighted by Gasteiger charge is 2.27. The van der Waals surface area contributed by atoms with Gasteiger partial charge in [-0.2, -0.15) is 0 Å². The van der Waals surface area contributed by atoms with Crippen molar-refractivity contribution in [1.82, 2.24) is 0 Å². The molecule has 0 aromatic heterocycles. The van der Waals surface area contributed by atoms with Gasteiger partial charge in [0.25, 0.3) is 6.47 Å². The predicted molar refractivity (Wildman–Crippen MR) is 156 cm³/mol. The number of ether oxygens (including phenoxy) is 1. The fourth-order valence-corrected chi connectivity index (χ4v) is 5.15. The van der Waals surface area contributed by atoms with Crippen LogP contribution in [-0.4, -0.2) is 48.8 Å². The van der Waals surface area contributed by atoms with Crippen LogP contribution in [0.4, 0.5) is 10.1 Å². The minimum Gasteiger partial charge on any atom is -0.490 e. The first-order valence-electron chi connectivity index (χ1n) is 13.9. The topological polar surface area (TPSA) is 87.1 Å². The normalized spacial score (nSPS) is 15.5. The van der Waals surface area contributed by atoms with E-state index in [1.54, 1.807) is 26.8 Å². The van der Waals surface area contributed by atoms with Gasteiger partial charge in [0.1, 0.15) is 6.29 Å². The Hall–Kier alpha value is -2.93. The lowest BCUT2D eigenvalue weighted by Gasteiger charge is -2.25. The van der Waals surface area contributed by atoms with E-state index in [1.165, 1.54) is 39.9 Å². The van der Waals surface area contributed by atoms with Crippen molar-refractivity contribution in [3.63, 3.8) is 0 Å². The number of halogens is 1. The monoisotopic (exact) mass is 543 g/mol. The zero-order valence-electron chi connectivity index (χ0n) is 24.7. The number of anilines is 1. The lowest BCUT2D eigenvalue weighted by atomic mass is 9.84. The number of carboxylic acid groups (broad SMARTS) is 1. The van der Waals surface area contributed by atoms with Gasteiger partial charge < -0.3 is 24.6 Å². The van der Waals surface area contributed by atoms with Crippen LogP contribution in [0.15, 0.2) is 12.1 Å². The molecule has 6 nitrogen and oxygen atoms in total. The molecule has 1 saturated carbocycles. The Morgan fingerprint density at radius 3 is 2.21 bits per heavy atom. The molecule has 2 N–H and O–H groups in total. The number of rotatable bonds is 3. The van der Waals surface area contributed by atoms with Crippen LogP contribution in [0.3, 0.4) is 0 Å². The van der Waals surface area contributed by atoms with E-state index in [-0.39, 0.29) is 12.3 Å². The molecule has 2 aliphatic heterocycles. The SMILES string of the molecule is CC(C)(C)O.CCc1c(C)cc2c(c1-c1cc(F)c3c(c1C)CCCO3)CCN2C.O=CC1CCC1.O=CO. The van der Waals surface area contributed by atoms with Crippen molar-refractivity contribution in [3.8, 4) is 16.9 Å². The van der Waals surface area contributed by atoms with Crippen molar-refractivity contribution < 1.29 is 28.9 Å². The van der Waals surface area contributed by atoms with E-state index in [2.05, 4.69) is 38.8 Å². The minimum absolute atomic E-state index is 0.209. The Morgan fingerprint density at radius 1 is 1.10 bits per heavy atom. The van der Waals surface area contributed by atoms with Gasteiger partial charge in [-0.3, -0.25) is 4.79 Å². The Morgan fingerprint density at radius 2 is 1.72 bits per heavy atom. The molecule has 2 aromatic carbocycles.